The van der Waals surface area contributed by atoms with Crippen LogP contribution in [-0.2, 0) is 5.41 Å². The van der Waals surface area contributed by atoms with Crippen LogP contribution >= 0.6 is 0 Å². The molecule has 1 aliphatic heterocycles. The van der Waals surface area contributed by atoms with Crippen LogP contribution in [0.3, 0.4) is 0 Å². The SMILES string of the molecule is Cc1nc(Nc2ccccn2)cc(N2CCN(C(=O)c3ccc(C(C)(C)C)cc3)CC2)n1. The summed E-state index contributed by atoms with van der Waals surface area (Å²) in [5.74, 6) is 3.09. The molecule has 1 N–H and O–H groups in total. The van der Waals surface area contributed by atoms with Gasteiger partial charge in [-0.2, -0.15) is 0 Å². The molecule has 0 atom stereocenters. The largest absolute Gasteiger partial charge is 0.353 e. The Bertz CT molecular complexity index is 1070. The molecule has 0 bridgehead atoms. The topological polar surface area (TPSA) is 74.2 Å². The van der Waals surface area contributed by atoms with Gasteiger partial charge in [-0.3, -0.25) is 4.79 Å². The first-order chi connectivity index (χ1) is 15.3. The van der Waals surface area contributed by atoms with Gasteiger partial charge in [0.05, 0.1) is 0 Å². The van der Waals surface area contributed by atoms with E-state index in [1.807, 2.05) is 48.2 Å². The summed E-state index contributed by atoms with van der Waals surface area (Å²) in [6, 6.07) is 15.6. The van der Waals surface area contributed by atoms with Crippen molar-refractivity contribution in [2.24, 2.45) is 0 Å². The molecule has 166 valence electrons. The Labute approximate surface area is 189 Å². The van der Waals surface area contributed by atoms with Gasteiger partial charge in [-0.1, -0.05) is 39.0 Å². The van der Waals surface area contributed by atoms with Gasteiger partial charge < -0.3 is 15.1 Å². The van der Waals surface area contributed by atoms with Crippen LogP contribution in [0.25, 0.3) is 0 Å². The summed E-state index contributed by atoms with van der Waals surface area (Å²) in [4.78, 5) is 30.5. The number of aryl methyl sites for hydroxylation is 1. The zero-order chi connectivity index (χ0) is 22.7. The van der Waals surface area contributed by atoms with E-state index in [0.29, 0.717) is 24.7 Å². The lowest BCUT2D eigenvalue weighted by Gasteiger charge is -2.35. The molecule has 1 fully saturated rings. The highest BCUT2D eigenvalue weighted by atomic mass is 16.2. The summed E-state index contributed by atoms with van der Waals surface area (Å²) >= 11 is 0. The third-order valence-electron chi connectivity index (χ3n) is 5.63. The Kier molecular flexibility index (Phi) is 6.08. The highest BCUT2D eigenvalue weighted by molar-refractivity contribution is 5.94. The van der Waals surface area contributed by atoms with E-state index in [4.69, 9.17) is 0 Å². The van der Waals surface area contributed by atoms with E-state index in [1.54, 1.807) is 6.20 Å². The lowest BCUT2D eigenvalue weighted by atomic mass is 9.86. The fourth-order valence-corrected chi connectivity index (χ4v) is 3.78. The Balaban J connectivity index is 1.40. The normalized spacial score (nSPS) is 14.4. The van der Waals surface area contributed by atoms with Crippen LogP contribution in [0.1, 0.15) is 42.5 Å². The van der Waals surface area contributed by atoms with E-state index in [-0.39, 0.29) is 11.3 Å². The smallest absolute Gasteiger partial charge is 0.253 e. The van der Waals surface area contributed by atoms with Crippen molar-refractivity contribution in [2.75, 3.05) is 36.4 Å². The molecule has 3 heterocycles. The van der Waals surface area contributed by atoms with Crippen LogP contribution in [-0.4, -0.2) is 51.9 Å². The number of aromatic nitrogens is 3. The Morgan fingerprint density at radius 1 is 0.938 bits per heavy atom. The molecule has 1 saturated heterocycles. The molecule has 0 unspecified atom stereocenters. The minimum atomic E-state index is 0.0765. The van der Waals surface area contributed by atoms with Gasteiger partial charge in [0.25, 0.3) is 5.91 Å². The van der Waals surface area contributed by atoms with Crippen LogP contribution in [0.2, 0.25) is 0 Å². The number of rotatable bonds is 4. The fourth-order valence-electron chi connectivity index (χ4n) is 3.78. The zero-order valence-electron chi connectivity index (χ0n) is 19.2. The summed E-state index contributed by atoms with van der Waals surface area (Å²) in [5.41, 5.74) is 2.05. The molecule has 0 radical (unpaired) electrons. The predicted octanol–water partition coefficient (Wildman–Crippen LogP) is 4.18. The van der Waals surface area contributed by atoms with E-state index >= 15 is 0 Å². The number of benzene rings is 1. The molecule has 32 heavy (non-hydrogen) atoms. The van der Waals surface area contributed by atoms with Crippen LogP contribution in [0.4, 0.5) is 17.5 Å². The summed E-state index contributed by atoms with van der Waals surface area (Å²) in [7, 11) is 0. The van der Waals surface area contributed by atoms with Crippen molar-refractivity contribution in [1.82, 2.24) is 19.9 Å². The van der Waals surface area contributed by atoms with Gasteiger partial charge in [0, 0.05) is 44.0 Å². The molecule has 1 amide bonds. The number of carbonyl (C=O) groups is 1. The van der Waals surface area contributed by atoms with E-state index in [1.165, 1.54) is 5.56 Å². The van der Waals surface area contributed by atoms with Gasteiger partial charge in [-0.15, -0.1) is 0 Å². The standard InChI is InChI=1S/C25H30N6O/c1-18-27-22(29-21-7-5-6-12-26-21)17-23(28-18)30-13-15-31(16-14-30)24(32)19-8-10-20(11-9-19)25(2,3)4/h5-12,17H,13-16H2,1-4H3,(H,26,27,28,29). The van der Waals surface area contributed by atoms with Crippen LogP contribution in [0.15, 0.2) is 54.7 Å². The molecular weight excluding hydrogens is 400 g/mol. The monoisotopic (exact) mass is 430 g/mol. The lowest BCUT2D eigenvalue weighted by Crippen LogP contribution is -2.49. The number of pyridine rings is 1. The third kappa shape index (κ3) is 5.04. The maximum Gasteiger partial charge on any atom is 0.253 e. The van der Waals surface area contributed by atoms with E-state index in [0.717, 1.165) is 30.3 Å². The highest BCUT2D eigenvalue weighted by Gasteiger charge is 2.24. The molecule has 1 aliphatic rings. The highest BCUT2D eigenvalue weighted by Crippen LogP contribution is 2.24. The van der Waals surface area contributed by atoms with Crippen molar-refractivity contribution in [2.45, 2.75) is 33.1 Å². The van der Waals surface area contributed by atoms with Crippen LogP contribution in [0, 0.1) is 6.92 Å². The lowest BCUT2D eigenvalue weighted by molar-refractivity contribution is 0.0746. The van der Waals surface area contributed by atoms with E-state index in [9.17, 15) is 4.79 Å². The number of anilines is 3. The summed E-state index contributed by atoms with van der Waals surface area (Å²) in [6.07, 6.45) is 1.74. The molecule has 0 aliphatic carbocycles. The number of carbonyl (C=O) groups excluding carboxylic acids is 1. The molecule has 4 rings (SSSR count). The van der Waals surface area contributed by atoms with Gasteiger partial charge >= 0.3 is 0 Å². The second-order valence-corrected chi connectivity index (χ2v) is 9.11. The van der Waals surface area contributed by atoms with E-state index in [2.05, 4.69) is 58.1 Å². The molecule has 2 aromatic heterocycles. The maximum atomic E-state index is 13.0. The molecule has 0 saturated carbocycles. The summed E-state index contributed by atoms with van der Waals surface area (Å²) < 4.78 is 0. The minimum absolute atomic E-state index is 0.0765. The van der Waals surface area contributed by atoms with Gasteiger partial charge in [0.2, 0.25) is 0 Å². The number of hydrogen-bond donors (Lipinski definition) is 1. The molecule has 7 nitrogen and oxygen atoms in total. The van der Waals surface area contributed by atoms with E-state index < -0.39 is 0 Å². The average Bonchev–Trinajstić information content (AvgIpc) is 2.78. The quantitative estimate of drug-likeness (QED) is 0.669. The second kappa shape index (κ2) is 8.94. The Morgan fingerprint density at radius 3 is 2.28 bits per heavy atom. The zero-order valence-corrected chi connectivity index (χ0v) is 19.2. The first-order valence-electron chi connectivity index (χ1n) is 11.0. The fraction of sp³-hybridized carbons (Fsp3) is 0.360. The van der Waals surface area contributed by atoms with Crippen LogP contribution < -0.4 is 10.2 Å². The molecule has 0 spiro atoms. The molecule has 3 aromatic rings. The predicted molar refractivity (Wildman–Crippen MR) is 128 cm³/mol. The van der Waals surface area contributed by atoms with Crippen molar-refractivity contribution >= 4 is 23.4 Å². The van der Waals surface area contributed by atoms with Crippen molar-refractivity contribution in [1.29, 1.82) is 0 Å². The number of amides is 1. The van der Waals surface area contributed by atoms with Gasteiger partial charge in [-0.25, -0.2) is 15.0 Å². The van der Waals surface area contributed by atoms with Crippen molar-refractivity contribution in [3.8, 4) is 0 Å². The average molecular weight is 431 g/mol. The minimum Gasteiger partial charge on any atom is -0.353 e. The van der Waals surface area contributed by atoms with Crippen molar-refractivity contribution in [3.05, 3.63) is 71.7 Å². The third-order valence-corrected chi connectivity index (χ3v) is 5.63. The van der Waals surface area contributed by atoms with Crippen molar-refractivity contribution < 1.29 is 4.79 Å². The van der Waals surface area contributed by atoms with Gasteiger partial charge in [-0.05, 0) is 42.2 Å². The molecule has 7 heteroatoms. The first kappa shape index (κ1) is 21.7. The van der Waals surface area contributed by atoms with Gasteiger partial charge in [0.1, 0.15) is 23.3 Å². The number of nitrogens with one attached hydrogen (secondary N) is 1. The number of piperazine rings is 1. The summed E-state index contributed by atoms with van der Waals surface area (Å²) in [6.45, 7) is 11.2. The molecular formula is C25H30N6O. The number of hydrogen-bond acceptors (Lipinski definition) is 6. The maximum absolute atomic E-state index is 13.0. The Hall–Kier alpha value is -3.48. The summed E-state index contributed by atoms with van der Waals surface area (Å²) in [5, 5.41) is 3.23. The van der Waals surface area contributed by atoms with Crippen molar-refractivity contribution in [3.63, 3.8) is 0 Å². The first-order valence-corrected chi connectivity index (χ1v) is 11.0. The second-order valence-electron chi connectivity index (χ2n) is 9.11. The number of nitrogens with zero attached hydrogens (tertiary/aromatic N) is 5. The molecule has 1 aromatic carbocycles. The Morgan fingerprint density at radius 2 is 1.66 bits per heavy atom. The van der Waals surface area contributed by atoms with Crippen LogP contribution in [0.5, 0.6) is 0 Å². The van der Waals surface area contributed by atoms with Gasteiger partial charge in [0.15, 0.2) is 0 Å².